The molecule has 4 rings (SSSR count). The van der Waals surface area contributed by atoms with E-state index in [1.165, 1.54) is 0 Å². The minimum Gasteiger partial charge on any atom is -0.338 e. The molecular formula is C23H28N6O2. The first kappa shape index (κ1) is 20.9. The molecule has 0 saturated carbocycles. The van der Waals surface area contributed by atoms with Crippen LogP contribution in [-0.4, -0.2) is 70.6 Å². The van der Waals surface area contributed by atoms with Gasteiger partial charge in [0.25, 0.3) is 0 Å². The van der Waals surface area contributed by atoms with Crippen molar-refractivity contribution in [3.63, 3.8) is 0 Å². The fourth-order valence-electron chi connectivity index (χ4n) is 3.78. The van der Waals surface area contributed by atoms with Gasteiger partial charge in [0.15, 0.2) is 0 Å². The summed E-state index contributed by atoms with van der Waals surface area (Å²) in [5, 5.41) is 5.91. The van der Waals surface area contributed by atoms with Crippen molar-refractivity contribution in [3.05, 3.63) is 60.9 Å². The smallest absolute Gasteiger partial charge is 0.317 e. The van der Waals surface area contributed by atoms with Gasteiger partial charge in [-0.3, -0.25) is 9.69 Å². The van der Waals surface area contributed by atoms with Crippen LogP contribution in [0.25, 0.3) is 11.0 Å². The van der Waals surface area contributed by atoms with Crippen LogP contribution in [0.3, 0.4) is 0 Å². The van der Waals surface area contributed by atoms with Crippen LogP contribution in [0.5, 0.6) is 0 Å². The third-order valence-corrected chi connectivity index (χ3v) is 5.46. The first-order valence-electron chi connectivity index (χ1n) is 10.7. The Labute approximate surface area is 181 Å². The highest BCUT2D eigenvalue weighted by atomic mass is 16.2. The van der Waals surface area contributed by atoms with Crippen LogP contribution in [0, 0.1) is 0 Å². The minimum absolute atomic E-state index is 0.0314. The van der Waals surface area contributed by atoms with Gasteiger partial charge in [-0.25, -0.2) is 9.78 Å². The van der Waals surface area contributed by atoms with Gasteiger partial charge in [-0.2, -0.15) is 0 Å². The number of urea groups is 1. The number of rotatable bonds is 7. The fraction of sp³-hybridized carbons (Fsp3) is 0.348. The van der Waals surface area contributed by atoms with E-state index in [9.17, 15) is 9.59 Å². The summed E-state index contributed by atoms with van der Waals surface area (Å²) in [6.07, 6.45) is 2.69. The largest absolute Gasteiger partial charge is 0.338 e. The monoisotopic (exact) mass is 420 g/mol. The number of nitrogens with one attached hydrogen (secondary N) is 2. The van der Waals surface area contributed by atoms with Gasteiger partial charge >= 0.3 is 6.03 Å². The van der Waals surface area contributed by atoms with E-state index in [2.05, 4.69) is 31.2 Å². The molecule has 0 spiro atoms. The summed E-state index contributed by atoms with van der Waals surface area (Å²) in [5.74, 6) is -0.0314. The second kappa shape index (κ2) is 10.1. The highest BCUT2D eigenvalue weighted by Gasteiger charge is 2.22. The number of amides is 3. The van der Waals surface area contributed by atoms with E-state index in [-0.39, 0.29) is 11.9 Å². The SMILES string of the molecule is O=C(CN1CCN(C(=O)NCCCn2cnc3ccccc32)CC1)Nc1ccccc1. The van der Waals surface area contributed by atoms with Gasteiger partial charge in [0, 0.05) is 45.0 Å². The van der Waals surface area contributed by atoms with Crippen molar-refractivity contribution in [2.45, 2.75) is 13.0 Å². The van der Waals surface area contributed by atoms with Crippen molar-refractivity contribution in [3.8, 4) is 0 Å². The number of carbonyl (C=O) groups excluding carboxylic acids is 2. The predicted molar refractivity (Wildman–Crippen MR) is 121 cm³/mol. The van der Waals surface area contributed by atoms with Gasteiger partial charge in [0.1, 0.15) is 0 Å². The minimum atomic E-state index is -0.0381. The van der Waals surface area contributed by atoms with Crippen molar-refractivity contribution in [2.75, 3.05) is 44.6 Å². The number of hydrogen-bond acceptors (Lipinski definition) is 4. The zero-order chi connectivity index (χ0) is 21.5. The van der Waals surface area contributed by atoms with Crippen molar-refractivity contribution in [1.82, 2.24) is 24.7 Å². The number of aromatic nitrogens is 2. The number of benzene rings is 2. The molecular weight excluding hydrogens is 392 g/mol. The van der Waals surface area contributed by atoms with Gasteiger partial charge in [0.05, 0.1) is 23.9 Å². The first-order valence-corrected chi connectivity index (χ1v) is 10.7. The molecule has 0 atom stereocenters. The van der Waals surface area contributed by atoms with Crippen LogP contribution in [0.1, 0.15) is 6.42 Å². The number of hydrogen-bond donors (Lipinski definition) is 2. The molecule has 0 unspecified atom stereocenters. The molecule has 2 heterocycles. The molecule has 31 heavy (non-hydrogen) atoms. The molecule has 8 nitrogen and oxygen atoms in total. The van der Waals surface area contributed by atoms with E-state index in [4.69, 9.17) is 0 Å². The van der Waals surface area contributed by atoms with Gasteiger partial charge in [-0.05, 0) is 30.7 Å². The van der Waals surface area contributed by atoms with Crippen LogP contribution in [0.4, 0.5) is 10.5 Å². The van der Waals surface area contributed by atoms with Crippen molar-refractivity contribution in [2.24, 2.45) is 0 Å². The van der Waals surface area contributed by atoms with Gasteiger partial charge in [-0.1, -0.05) is 30.3 Å². The van der Waals surface area contributed by atoms with E-state index in [0.29, 0.717) is 39.3 Å². The number of para-hydroxylation sites is 3. The molecule has 162 valence electrons. The molecule has 1 aromatic heterocycles. The maximum atomic E-state index is 12.4. The lowest BCUT2D eigenvalue weighted by atomic mass is 10.3. The van der Waals surface area contributed by atoms with E-state index >= 15 is 0 Å². The van der Waals surface area contributed by atoms with Crippen molar-refractivity contribution < 1.29 is 9.59 Å². The molecule has 1 fully saturated rings. The Kier molecular flexibility index (Phi) is 6.78. The number of anilines is 1. The van der Waals surface area contributed by atoms with Crippen LogP contribution in [0.2, 0.25) is 0 Å². The summed E-state index contributed by atoms with van der Waals surface area (Å²) in [6.45, 7) is 4.39. The summed E-state index contributed by atoms with van der Waals surface area (Å²) in [6, 6.07) is 17.4. The number of fused-ring (bicyclic) bond motifs is 1. The molecule has 3 amide bonds. The topological polar surface area (TPSA) is 82.5 Å². The summed E-state index contributed by atoms with van der Waals surface area (Å²) in [5.41, 5.74) is 2.90. The first-order chi connectivity index (χ1) is 15.2. The Morgan fingerprint density at radius 1 is 0.935 bits per heavy atom. The zero-order valence-electron chi connectivity index (χ0n) is 17.5. The average Bonchev–Trinajstić information content (AvgIpc) is 3.21. The molecule has 8 heteroatoms. The molecule has 2 N–H and O–H groups in total. The lowest BCUT2D eigenvalue weighted by Crippen LogP contribution is -2.53. The number of carbonyl (C=O) groups is 2. The maximum Gasteiger partial charge on any atom is 0.317 e. The molecule has 0 radical (unpaired) electrons. The number of aryl methyl sites for hydroxylation is 1. The third kappa shape index (κ3) is 5.61. The van der Waals surface area contributed by atoms with E-state index in [1.807, 2.05) is 59.8 Å². The highest BCUT2D eigenvalue weighted by Crippen LogP contribution is 2.12. The van der Waals surface area contributed by atoms with Gasteiger partial charge < -0.3 is 20.1 Å². The average molecular weight is 421 g/mol. The van der Waals surface area contributed by atoms with Crippen LogP contribution < -0.4 is 10.6 Å². The number of nitrogens with zero attached hydrogens (tertiary/aromatic N) is 4. The second-order valence-corrected chi connectivity index (χ2v) is 7.69. The van der Waals surface area contributed by atoms with Crippen molar-refractivity contribution in [1.29, 1.82) is 0 Å². The number of piperazine rings is 1. The fourth-order valence-corrected chi connectivity index (χ4v) is 3.78. The van der Waals surface area contributed by atoms with Gasteiger partial charge in [0.2, 0.25) is 5.91 Å². The van der Waals surface area contributed by atoms with E-state index in [0.717, 1.165) is 29.7 Å². The zero-order valence-corrected chi connectivity index (χ0v) is 17.5. The lowest BCUT2D eigenvalue weighted by Gasteiger charge is -2.34. The molecule has 1 saturated heterocycles. The van der Waals surface area contributed by atoms with Gasteiger partial charge in [-0.15, -0.1) is 0 Å². The quantitative estimate of drug-likeness (QED) is 0.575. The molecule has 1 aliphatic rings. The Bertz CT molecular complexity index is 1010. The van der Waals surface area contributed by atoms with Crippen molar-refractivity contribution >= 4 is 28.7 Å². The third-order valence-electron chi connectivity index (χ3n) is 5.46. The van der Waals surface area contributed by atoms with Crippen LogP contribution in [-0.2, 0) is 11.3 Å². The van der Waals surface area contributed by atoms with E-state index in [1.54, 1.807) is 0 Å². The Morgan fingerprint density at radius 2 is 1.68 bits per heavy atom. The van der Waals surface area contributed by atoms with Crippen LogP contribution in [0.15, 0.2) is 60.9 Å². The summed E-state index contributed by atoms with van der Waals surface area (Å²) < 4.78 is 2.11. The molecule has 3 aromatic rings. The summed E-state index contributed by atoms with van der Waals surface area (Å²) in [7, 11) is 0. The normalized spacial score (nSPS) is 14.5. The lowest BCUT2D eigenvalue weighted by molar-refractivity contribution is -0.117. The second-order valence-electron chi connectivity index (χ2n) is 7.69. The maximum absolute atomic E-state index is 12.4. The number of imidazole rings is 1. The summed E-state index contributed by atoms with van der Waals surface area (Å²) in [4.78, 5) is 32.9. The Balaban J connectivity index is 1.14. The standard InChI is InChI=1S/C23H28N6O2/c30-22(26-19-7-2-1-3-8-19)17-27-13-15-28(16-14-27)23(31)24-11-6-12-29-18-25-20-9-4-5-10-21(20)29/h1-5,7-10,18H,6,11-17H2,(H,24,31)(H,26,30). The predicted octanol–water partition coefficient (Wildman–Crippen LogP) is 2.39. The molecule has 2 aromatic carbocycles. The molecule has 1 aliphatic heterocycles. The summed E-state index contributed by atoms with van der Waals surface area (Å²) >= 11 is 0. The van der Waals surface area contributed by atoms with Crippen LogP contribution >= 0.6 is 0 Å². The Hall–Kier alpha value is -3.39. The van der Waals surface area contributed by atoms with E-state index < -0.39 is 0 Å². The molecule has 0 bridgehead atoms. The Morgan fingerprint density at radius 3 is 2.48 bits per heavy atom. The molecule has 0 aliphatic carbocycles. The highest BCUT2D eigenvalue weighted by molar-refractivity contribution is 5.92.